The Bertz CT molecular complexity index is 2060. The van der Waals surface area contributed by atoms with E-state index < -0.39 is 54.7 Å². The van der Waals surface area contributed by atoms with Crippen molar-refractivity contribution in [1.29, 1.82) is 0 Å². The Kier molecular flexibility index (Phi) is 11.9. The third kappa shape index (κ3) is 8.77. The predicted octanol–water partition coefficient (Wildman–Crippen LogP) is 7.65. The number of fused-ring (bicyclic) bond motifs is 1. The molecule has 2 aliphatic rings. The van der Waals surface area contributed by atoms with Gasteiger partial charge in [-0.1, -0.05) is 127 Å². The van der Waals surface area contributed by atoms with Crippen molar-refractivity contribution in [3.05, 3.63) is 178 Å². The Morgan fingerprint density at radius 2 is 1.20 bits per heavy atom. The van der Waals surface area contributed by atoms with Crippen LogP contribution in [0, 0.1) is 0 Å². The number of carbonyl (C=O) groups is 3. The maximum Gasteiger partial charge on any atom is 0.410 e. The van der Waals surface area contributed by atoms with Gasteiger partial charge in [0.15, 0.2) is 12.6 Å². The molecule has 2 aliphatic heterocycles. The van der Waals surface area contributed by atoms with E-state index in [1.807, 2.05) is 91.0 Å². The summed E-state index contributed by atoms with van der Waals surface area (Å²) in [6, 6.07) is 41.5. The van der Waals surface area contributed by atoms with Crippen molar-refractivity contribution in [3.63, 3.8) is 0 Å². The molecule has 2 N–H and O–H groups in total. The van der Waals surface area contributed by atoms with Gasteiger partial charge in [0.05, 0.1) is 30.4 Å². The topological polar surface area (TPSA) is 141 Å². The zero-order valence-electron chi connectivity index (χ0n) is 29.9. The number of nitrogens with zero attached hydrogens (tertiary/aromatic N) is 1. The van der Waals surface area contributed by atoms with Crippen LogP contribution in [0.4, 0.5) is 4.79 Å². The third-order valence-corrected chi connectivity index (χ3v) is 9.90. The number of carboxylic acids is 2. The van der Waals surface area contributed by atoms with Crippen molar-refractivity contribution < 1.29 is 48.3 Å². The highest BCUT2D eigenvalue weighted by Gasteiger charge is 2.52. The van der Waals surface area contributed by atoms with Crippen LogP contribution in [0.3, 0.4) is 0 Å². The highest BCUT2D eigenvalue weighted by atomic mass is 16.7. The number of carboxylic acid groups (broad SMARTS) is 2. The van der Waals surface area contributed by atoms with E-state index in [2.05, 4.69) is 0 Å². The van der Waals surface area contributed by atoms with Gasteiger partial charge in [-0.15, -0.1) is 0 Å². The minimum absolute atomic E-state index is 0.0165. The summed E-state index contributed by atoms with van der Waals surface area (Å²) >= 11 is 0. The van der Waals surface area contributed by atoms with E-state index in [1.165, 1.54) is 12.1 Å². The Balaban J connectivity index is 1.23. The zero-order chi connectivity index (χ0) is 38.1. The van der Waals surface area contributed by atoms with Crippen LogP contribution in [0.2, 0.25) is 0 Å². The lowest BCUT2D eigenvalue weighted by molar-refractivity contribution is -0.327. The standard InChI is InChI=1S/C44H41NO10/c46-40(47)34-22-12-10-20-32(34)37-38(33-21-11-13-23-35(33)41(48)49)43(54-36-28-52-42(55-39(36)37)31-18-8-3-9-19-31)51-25-24-45(26-29-14-4-1-5-15-29)44(50)53-27-30-16-6-2-7-17-30/h1-23,36-39,42-43H,24-28H2,(H,46,47)(H,48,49)/t36-,37-,38+,39+,42-,43-/m1/s1. The number of hydrogen-bond donors (Lipinski definition) is 2. The average Bonchev–Trinajstić information content (AvgIpc) is 3.22. The SMILES string of the molecule is O=C(O)c1ccccc1[C@@H]1[C@H](OCCN(Cc2ccccc2)C(=O)OCc2ccccc2)O[C@@H]2CO[C@@H](c3ccccc3)O[C@@H]2[C@@H]1c1ccccc1C(=O)O. The molecule has 55 heavy (non-hydrogen) atoms. The largest absolute Gasteiger partial charge is 0.478 e. The lowest BCUT2D eigenvalue weighted by atomic mass is 9.71. The lowest BCUT2D eigenvalue weighted by Crippen LogP contribution is -2.55. The average molecular weight is 744 g/mol. The van der Waals surface area contributed by atoms with Gasteiger partial charge in [0.25, 0.3) is 0 Å². The molecule has 2 fully saturated rings. The van der Waals surface area contributed by atoms with E-state index in [1.54, 1.807) is 41.3 Å². The molecule has 2 heterocycles. The van der Waals surface area contributed by atoms with E-state index in [-0.39, 0.29) is 44.0 Å². The summed E-state index contributed by atoms with van der Waals surface area (Å²) in [6.07, 6.45) is -3.92. The molecule has 0 saturated carbocycles. The van der Waals surface area contributed by atoms with Crippen LogP contribution in [-0.4, -0.2) is 71.4 Å². The number of carbonyl (C=O) groups excluding carboxylic acids is 1. The Morgan fingerprint density at radius 1 is 0.655 bits per heavy atom. The van der Waals surface area contributed by atoms with Gasteiger partial charge in [-0.25, -0.2) is 14.4 Å². The van der Waals surface area contributed by atoms with Crippen molar-refractivity contribution >= 4 is 18.0 Å². The summed E-state index contributed by atoms with van der Waals surface area (Å²) in [5.74, 6) is -3.93. The molecular weight excluding hydrogens is 702 g/mol. The number of ether oxygens (including phenoxy) is 5. The molecule has 0 unspecified atom stereocenters. The summed E-state index contributed by atoms with van der Waals surface area (Å²) in [5.41, 5.74) is 3.39. The van der Waals surface area contributed by atoms with Crippen molar-refractivity contribution in [2.24, 2.45) is 0 Å². The van der Waals surface area contributed by atoms with E-state index in [0.29, 0.717) is 11.1 Å². The molecule has 2 saturated heterocycles. The molecule has 0 aromatic heterocycles. The Hall–Kier alpha value is -5.85. The quantitative estimate of drug-likeness (QED) is 0.124. The molecule has 5 aromatic carbocycles. The second kappa shape index (κ2) is 17.5. The van der Waals surface area contributed by atoms with Crippen LogP contribution in [-0.2, 0) is 36.8 Å². The fraction of sp³-hybridized carbons (Fsp3) is 0.250. The summed E-state index contributed by atoms with van der Waals surface area (Å²) in [7, 11) is 0. The number of rotatable bonds is 13. The fourth-order valence-electron chi connectivity index (χ4n) is 7.34. The van der Waals surface area contributed by atoms with Gasteiger partial charge in [0, 0.05) is 30.5 Å². The highest BCUT2D eigenvalue weighted by molar-refractivity contribution is 5.91. The van der Waals surface area contributed by atoms with Crippen LogP contribution in [0.15, 0.2) is 140 Å². The van der Waals surface area contributed by atoms with Gasteiger partial charge in [0.2, 0.25) is 0 Å². The molecule has 0 spiro atoms. The monoisotopic (exact) mass is 743 g/mol. The van der Waals surface area contributed by atoms with Crippen LogP contribution in [0.5, 0.6) is 0 Å². The van der Waals surface area contributed by atoms with Crippen LogP contribution >= 0.6 is 0 Å². The fourth-order valence-corrected chi connectivity index (χ4v) is 7.34. The summed E-state index contributed by atoms with van der Waals surface area (Å²) in [4.78, 5) is 40.6. The summed E-state index contributed by atoms with van der Waals surface area (Å²) in [6.45, 7) is 0.501. The van der Waals surface area contributed by atoms with Crippen molar-refractivity contribution in [3.8, 4) is 0 Å². The molecule has 282 valence electrons. The zero-order valence-corrected chi connectivity index (χ0v) is 29.9. The first-order chi connectivity index (χ1) is 26.9. The molecular formula is C44H41NO10. The van der Waals surface area contributed by atoms with E-state index >= 15 is 0 Å². The number of hydrogen-bond acceptors (Lipinski definition) is 8. The first-order valence-electron chi connectivity index (χ1n) is 18.1. The first-order valence-corrected chi connectivity index (χ1v) is 18.1. The van der Waals surface area contributed by atoms with Crippen LogP contribution in [0.1, 0.15) is 66.7 Å². The van der Waals surface area contributed by atoms with Crippen molar-refractivity contribution in [2.45, 2.75) is 49.8 Å². The Morgan fingerprint density at radius 3 is 1.82 bits per heavy atom. The van der Waals surface area contributed by atoms with Gasteiger partial charge in [-0.05, 0) is 34.4 Å². The molecule has 0 bridgehead atoms. The second-order valence-corrected chi connectivity index (χ2v) is 13.4. The molecule has 7 rings (SSSR count). The molecule has 0 radical (unpaired) electrons. The van der Waals surface area contributed by atoms with E-state index in [4.69, 9.17) is 23.7 Å². The first kappa shape index (κ1) is 37.5. The maximum atomic E-state index is 13.5. The number of amides is 1. The van der Waals surface area contributed by atoms with Gasteiger partial charge >= 0.3 is 18.0 Å². The second-order valence-electron chi connectivity index (χ2n) is 13.4. The number of aromatic carboxylic acids is 2. The molecule has 0 aliphatic carbocycles. The van der Waals surface area contributed by atoms with Crippen molar-refractivity contribution in [1.82, 2.24) is 4.90 Å². The molecule has 11 nitrogen and oxygen atoms in total. The number of benzene rings is 5. The van der Waals surface area contributed by atoms with E-state index in [9.17, 15) is 24.6 Å². The smallest absolute Gasteiger partial charge is 0.410 e. The minimum Gasteiger partial charge on any atom is -0.478 e. The van der Waals surface area contributed by atoms with Gasteiger partial charge in [0.1, 0.15) is 12.7 Å². The van der Waals surface area contributed by atoms with Gasteiger partial charge in [-0.3, -0.25) is 0 Å². The summed E-state index contributed by atoms with van der Waals surface area (Å²) < 4.78 is 31.8. The van der Waals surface area contributed by atoms with Gasteiger partial charge < -0.3 is 38.8 Å². The summed E-state index contributed by atoms with van der Waals surface area (Å²) in [5, 5.41) is 20.8. The van der Waals surface area contributed by atoms with Crippen molar-refractivity contribution in [2.75, 3.05) is 19.8 Å². The third-order valence-electron chi connectivity index (χ3n) is 9.90. The highest BCUT2D eigenvalue weighted by Crippen LogP contribution is 2.50. The van der Waals surface area contributed by atoms with Gasteiger partial charge in [-0.2, -0.15) is 0 Å². The normalized spacial score (nSPS) is 21.9. The van der Waals surface area contributed by atoms with Crippen LogP contribution < -0.4 is 0 Å². The van der Waals surface area contributed by atoms with E-state index in [0.717, 1.165) is 16.7 Å². The molecule has 1 amide bonds. The Labute approximate surface area is 318 Å². The maximum absolute atomic E-state index is 13.5. The predicted molar refractivity (Wildman–Crippen MR) is 200 cm³/mol. The minimum atomic E-state index is -1.16. The molecule has 11 heteroatoms. The van der Waals surface area contributed by atoms with Crippen LogP contribution in [0.25, 0.3) is 0 Å². The molecule has 6 atom stereocenters. The molecule has 5 aromatic rings. The lowest BCUT2D eigenvalue weighted by Gasteiger charge is -2.50.